The Hall–Kier alpha value is -2.41. The van der Waals surface area contributed by atoms with E-state index in [1.165, 1.54) is 11.8 Å². The first-order chi connectivity index (χ1) is 11.1. The molecule has 0 radical (unpaired) electrons. The van der Waals surface area contributed by atoms with Crippen LogP contribution < -0.4 is 0 Å². The molecular formula is C16H16N4O2S. The number of aryl methyl sites for hydroxylation is 1. The van der Waals surface area contributed by atoms with Crippen molar-refractivity contribution < 1.29 is 9.90 Å². The summed E-state index contributed by atoms with van der Waals surface area (Å²) in [5.41, 5.74) is 2.77. The van der Waals surface area contributed by atoms with Crippen molar-refractivity contribution in [3.05, 3.63) is 41.6 Å². The molecule has 0 unspecified atom stereocenters. The normalized spacial score (nSPS) is 11.0. The largest absolute Gasteiger partial charge is 0.481 e. The number of carboxylic acid groups (broad SMARTS) is 1. The molecule has 118 valence electrons. The van der Waals surface area contributed by atoms with Crippen molar-refractivity contribution in [3.8, 4) is 11.4 Å². The van der Waals surface area contributed by atoms with Gasteiger partial charge in [-0.15, -0.1) is 5.10 Å². The molecule has 6 nitrogen and oxygen atoms in total. The number of rotatable bonds is 5. The van der Waals surface area contributed by atoms with Crippen molar-refractivity contribution >= 4 is 23.5 Å². The van der Waals surface area contributed by atoms with Gasteiger partial charge in [0.2, 0.25) is 0 Å². The maximum absolute atomic E-state index is 10.9. The quantitative estimate of drug-likeness (QED) is 0.573. The minimum atomic E-state index is -0.858. The first-order valence-electron chi connectivity index (χ1n) is 7.26. The van der Waals surface area contributed by atoms with Gasteiger partial charge in [0.05, 0.1) is 5.75 Å². The summed E-state index contributed by atoms with van der Waals surface area (Å²) in [7, 11) is 0. The van der Waals surface area contributed by atoms with Crippen LogP contribution in [0.25, 0.3) is 17.2 Å². The lowest BCUT2D eigenvalue weighted by molar-refractivity contribution is -0.133. The van der Waals surface area contributed by atoms with Gasteiger partial charge >= 0.3 is 5.97 Å². The second-order valence-electron chi connectivity index (χ2n) is 5.03. The maximum atomic E-state index is 10.9. The highest BCUT2D eigenvalue weighted by molar-refractivity contribution is 7.99. The SMILES string of the molecule is CCc1c(C)nc2nc(-c3ccccc3)nn2c1SCC(=O)O. The molecule has 0 aliphatic rings. The summed E-state index contributed by atoms with van der Waals surface area (Å²) >= 11 is 1.25. The van der Waals surface area contributed by atoms with Gasteiger partial charge < -0.3 is 5.11 Å². The zero-order chi connectivity index (χ0) is 16.4. The molecule has 0 saturated heterocycles. The van der Waals surface area contributed by atoms with Crippen LogP contribution in [0.1, 0.15) is 18.2 Å². The van der Waals surface area contributed by atoms with Crippen LogP contribution >= 0.6 is 11.8 Å². The summed E-state index contributed by atoms with van der Waals surface area (Å²) in [5, 5.41) is 14.3. The van der Waals surface area contributed by atoms with Crippen LogP contribution in [0.4, 0.5) is 0 Å². The van der Waals surface area contributed by atoms with E-state index < -0.39 is 5.97 Å². The molecule has 7 heteroatoms. The smallest absolute Gasteiger partial charge is 0.313 e. The number of carboxylic acids is 1. The molecule has 0 saturated carbocycles. The minimum Gasteiger partial charge on any atom is -0.481 e. The van der Waals surface area contributed by atoms with Crippen LogP contribution in [-0.2, 0) is 11.2 Å². The molecule has 3 rings (SSSR count). The summed E-state index contributed by atoms with van der Waals surface area (Å²) in [4.78, 5) is 19.9. The molecule has 0 aliphatic heterocycles. The molecule has 0 bridgehead atoms. The van der Waals surface area contributed by atoms with Gasteiger partial charge in [0.15, 0.2) is 5.82 Å². The molecule has 0 atom stereocenters. The van der Waals surface area contributed by atoms with E-state index in [0.29, 0.717) is 11.6 Å². The van der Waals surface area contributed by atoms with Gasteiger partial charge in [-0.25, -0.2) is 4.98 Å². The zero-order valence-electron chi connectivity index (χ0n) is 12.9. The molecule has 0 spiro atoms. The van der Waals surface area contributed by atoms with Crippen molar-refractivity contribution in [2.24, 2.45) is 0 Å². The van der Waals surface area contributed by atoms with Crippen LogP contribution in [0.3, 0.4) is 0 Å². The van der Waals surface area contributed by atoms with Gasteiger partial charge in [0.1, 0.15) is 5.03 Å². The van der Waals surface area contributed by atoms with E-state index in [9.17, 15) is 4.79 Å². The number of hydrogen-bond donors (Lipinski definition) is 1. The first kappa shape index (κ1) is 15.5. The van der Waals surface area contributed by atoms with Gasteiger partial charge in [-0.3, -0.25) is 4.79 Å². The second kappa shape index (κ2) is 6.37. The van der Waals surface area contributed by atoms with E-state index in [2.05, 4.69) is 15.1 Å². The van der Waals surface area contributed by atoms with Gasteiger partial charge in [0, 0.05) is 16.8 Å². The fourth-order valence-electron chi connectivity index (χ4n) is 2.41. The Morgan fingerprint density at radius 3 is 2.65 bits per heavy atom. The number of benzene rings is 1. The Morgan fingerprint density at radius 1 is 1.26 bits per heavy atom. The molecule has 0 aliphatic carbocycles. The van der Waals surface area contributed by atoms with Crippen molar-refractivity contribution in [2.45, 2.75) is 25.3 Å². The van der Waals surface area contributed by atoms with Crippen LogP contribution in [0.2, 0.25) is 0 Å². The highest BCUT2D eigenvalue weighted by Crippen LogP contribution is 2.27. The minimum absolute atomic E-state index is 0.0217. The third kappa shape index (κ3) is 3.05. The summed E-state index contributed by atoms with van der Waals surface area (Å²) in [6.45, 7) is 3.94. The molecule has 3 aromatic rings. The highest BCUT2D eigenvalue weighted by Gasteiger charge is 2.17. The molecule has 0 fully saturated rings. The van der Waals surface area contributed by atoms with Crippen molar-refractivity contribution in [1.29, 1.82) is 0 Å². The maximum Gasteiger partial charge on any atom is 0.313 e. The number of hydrogen-bond acceptors (Lipinski definition) is 5. The molecular weight excluding hydrogens is 312 g/mol. The predicted octanol–water partition coefficient (Wildman–Crippen LogP) is 2.84. The van der Waals surface area contributed by atoms with E-state index in [-0.39, 0.29) is 5.75 Å². The number of thioether (sulfide) groups is 1. The summed E-state index contributed by atoms with van der Waals surface area (Å²) in [6, 6.07) is 9.67. The average Bonchev–Trinajstić information content (AvgIpc) is 2.96. The number of aromatic nitrogens is 4. The van der Waals surface area contributed by atoms with Gasteiger partial charge in [-0.2, -0.15) is 9.50 Å². The standard InChI is InChI=1S/C16H16N4O2S/c1-3-12-10(2)17-16-18-14(11-7-5-4-6-8-11)19-20(16)15(12)23-9-13(21)22/h4-8H,3,9H2,1-2H3,(H,21,22). The second-order valence-corrected chi connectivity index (χ2v) is 5.99. The molecule has 0 amide bonds. The summed E-state index contributed by atoms with van der Waals surface area (Å²) in [6.07, 6.45) is 0.761. The third-order valence-electron chi connectivity index (χ3n) is 3.46. The zero-order valence-corrected chi connectivity index (χ0v) is 13.7. The summed E-state index contributed by atoms with van der Waals surface area (Å²) in [5.74, 6) is 0.198. The lowest BCUT2D eigenvalue weighted by atomic mass is 10.2. The first-order valence-corrected chi connectivity index (χ1v) is 8.25. The lowest BCUT2D eigenvalue weighted by Crippen LogP contribution is -2.07. The molecule has 23 heavy (non-hydrogen) atoms. The number of fused-ring (bicyclic) bond motifs is 1. The van der Waals surface area contributed by atoms with Crippen molar-refractivity contribution in [3.63, 3.8) is 0 Å². The van der Waals surface area contributed by atoms with E-state index in [1.807, 2.05) is 44.2 Å². The predicted molar refractivity (Wildman–Crippen MR) is 88.7 cm³/mol. The average molecular weight is 328 g/mol. The van der Waals surface area contributed by atoms with Gasteiger partial charge in [0.25, 0.3) is 5.78 Å². The van der Waals surface area contributed by atoms with Gasteiger partial charge in [-0.05, 0) is 13.3 Å². The van der Waals surface area contributed by atoms with Gasteiger partial charge in [-0.1, -0.05) is 49.0 Å². The fraction of sp³-hybridized carbons (Fsp3) is 0.250. The van der Waals surface area contributed by atoms with E-state index in [4.69, 9.17) is 5.11 Å². The Kier molecular flexibility index (Phi) is 4.29. The monoisotopic (exact) mass is 328 g/mol. The van der Waals surface area contributed by atoms with Crippen molar-refractivity contribution in [2.75, 3.05) is 5.75 Å². The van der Waals surface area contributed by atoms with Crippen LogP contribution in [-0.4, -0.2) is 36.4 Å². The van der Waals surface area contributed by atoms with Crippen LogP contribution in [0.15, 0.2) is 35.4 Å². The van der Waals surface area contributed by atoms with Crippen LogP contribution in [0.5, 0.6) is 0 Å². The fourth-order valence-corrected chi connectivity index (χ4v) is 3.38. The Labute approximate surface area is 137 Å². The Bertz CT molecular complexity index is 861. The number of carbonyl (C=O) groups is 1. The third-order valence-corrected chi connectivity index (χ3v) is 4.55. The van der Waals surface area contributed by atoms with E-state index in [0.717, 1.165) is 28.3 Å². The molecule has 1 N–H and O–H groups in total. The van der Waals surface area contributed by atoms with E-state index >= 15 is 0 Å². The topological polar surface area (TPSA) is 80.4 Å². The summed E-state index contributed by atoms with van der Waals surface area (Å²) < 4.78 is 1.65. The Morgan fingerprint density at radius 2 is 2.00 bits per heavy atom. The number of nitrogens with zero attached hydrogens (tertiary/aromatic N) is 4. The molecule has 2 aromatic heterocycles. The van der Waals surface area contributed by atoms with Crippen LogP contribution in [0, 0.1) is 6.92 Å². The molecule has 2 heterocycles. The highest BCUT2D eigenvalue weighted by atomic mass is 32.2. The van der Waals surface area contributed by atoms with Crippen molar-refractivity contribution in [1.82, 2.24) is 19.6 Å². The molecule has 1 aromatic carbocycles. The number of aliphatic carboxylic acids is 1. The van der Waals surface area contributed by atoms with E-state index in [1.54, 1.807) is 4.52 Å². The lowest BCUT2D eigenvalue weighted by Gasteiger charge is -2.10. The Balaban J connectivity index is 2.17.